The van der Waals surface area contributed by atoms with Gasteiger partial charge in [0.15, 0.2) is 0 Å². The van der Waals surface area contributed by atoms with E-state index in [0.29, 0.717) is 6.42 Å². The highest BCUT2D eigenvalue weighted by Gasteiger charge is 2.01. The minimum absolute atomic E-state index is 0.109. The highest BCUT2D eigenvalue weighted by Crippen LogP contribution is 2.10. The number of hydrogen-bond donors (Lipinski definition) is 2. The Labute approximate surface area is 88.3 Å². The summed E-state index contributed by atoms with van der Waals surface area (Å²) < 4.78 is 0. The molecule has 0 bridgehead atoms. The van der Waals surface area contributed by atoms with Crippen molar-refractivity contribution in [2.24, 2.45) is 0 Å². The Kier molecular flexibility index (Phi) is 10.9. The van der Waals surface area contributed by atoms with Crippen LogP contribution in [0.5, 0.6) is 0 Å². The van der Waals surface area contributed by atoms with Gasteiger partial charge >= 0.3 is 0 Å². The molecule has 2 heteroatoms. The van der Waals surface area contributed by atoms with Gasteiger partial charge in [-0.1, -0.05) is 51.9 Å². The summed E-state index contributed by atoms with van der Waals surface area (Å²) in [6.07, 6.45) is 10.1. The van der Waals surface area contributed by atoms with Crippen LogP contribution in [-0.2, 0) is 0 Å². The Morgan fingerprint density at radius 2 is 1.43 bits per heavy atom. The molecule has 0 radical (unpaired) electrons. The van der Waals surface area contributed by atoms with Crippen LogP contribution in [0.25, 0.3) is 0 Å². The molecule has 0 saturated heterocycles. The molecule has 0 aromatic heterocycles. The SMILES string of the molecule is CCCCCCCCCC(O)CCO. The van der Waals surface area contributed by atoms with E-state index in [0.717, 1.165) is 12.8 Å². The largest absolute Gasteiger partial charge is 0.396 e. The molecule has 86 valence electrons. The van der Waals surface area contributed by atoms with Gasteiger partial charge in [0.25, 0.3) is 0 Å². The zero-order valence-electron chi connectivity index (χ0n) is 9.54. The van der Waals surface area contributed by atoms with Gasteiger partial charge in [-0.05, 0) is 12.8 Å². The zero-order chi connectivity index (χ0) is 10.6. The fourth-order valence-electron chi connectivity index (χ4n) is 1.63. The molecular formula is C12H26O2. The van der Waals surface area contributed by atoms with Crippen molar-refractivity contribution in [1.29, 1.82) is 0 Å². The minimum Gasteiger partial charge on any atom is -0.396 e. The highest BCUT2D eigenvalue weighted by molar-refractivity contribution is 4.55. The van der Waals surface area contributed by atoms with Crippen LogP contribution in [0.1, 0.15) is 64.7 Å². The third-order valence-corrected chi connectivity index (χ3v) is 2.60. The highest BCUT2D eigenvalue weighted by atomic mass is 16.3. The summed E-state index contributed by atoms with van der Waals surface area (Å²) >= 11 is 0. The molecule has 0 aromatic carbocycles. The van der Waals surface area contributed by atoms with Crippen LogP contribution in [0, 0.1) is 0 Å². The van der Waals surface area contributed by atoms with Crippen molar-refractivity contribution in [3.05, 3.63) is 0 Å². The average molecular weight is 202 g/mol. The normalized spacial score (nSPS) is 13.1. The number of hydrogen-bond acceptors (Lipinski definition) is 2. The van der Waals surface area contributed by atoms with Gasteiger partial charge in [0.05, 0.1) is 6.10 Å². The summed E-state index contributed by atoms with van der Waals surface area (Å²) in [4.78, 5) is 0. The molecule has 1 atom stereocenters. The number of unbranched alkanes of at least 4 members (excludes halogenated alkanes) is 6. The smallest absolute Gasteiger partial charge is 0.0562 e. The molecule has 14 heavy (non-hydrogen) atoms. The molecule has 0 rings (SSSR count). The van der Waals surface area contributed by atoms with Crippen LogP contribution < -0.4 is 0 Å². The first-order chi connectivity index (χ1) is 6.81. The van der Waals surface area contributed by atoms with Crippen molar-refractivity contribution in [1.82, 2.24) is 0 Å². The van der Waals surface area contributed by atoms with Gasteiger partial charge in [-0.25, -0.2) is 0 Å². The van der Waals surface area contributed by atoms with Gasteiger partial charge in [-0.2, -0.15) is 0 Å². The maximum absolute atomic E-state index is 9.33. The second-order valence-corrected chi connectivity index (χ2v) is 4.08. The predicted octanol–water partition coefficient (Wildman–Crippen LogP) is 2.87. The van der Waals surface area contributed by atoms with Crippen molar-refractivity contribution < 1.29 is 10.2 Å². The van der Waals surface area contributed by atoms with Crippen LogP contribution in [0.15, 0.2) is 0 Å². The summed E-state index contributed by atoms with van der Waals surface area (Å²) in [5.74, 6) is 0. The van der Waals surface area contributed by atoms with Gasteiger partial charge in [0.2, 0.25) is 0 Å². The van der Waals surface area contributed by atoms with Gasteiger partial charge in [0.1, 0.15) is 0 Å². The number of rotatable bonds is 10. The van der Waals surface area contributed by atoms with E-state index in [4.69, 9.17) is 5.11 Å². The van der Waals surface area contributed by atoms with Crippen molar-refractivity contribution >= 4 is 0 Å². The van der Waals surface area contributed by atoms with Crippen molar-refractivity contribution in [2.75, 3.05) is 6.61 Å². The van der Waals surface area contributed by atoms with Crippen molar-refractivity contribution in [3.8, 4) is 0 Å². The van der Waals surface area contributed by atoms with E-state index in [1.165, 1.54) is 38.5 Å². The molecule has 0 fully saturated rings. The molecule has 0 aromatic rings. The molecule has 0 saturated carbocycles. The third-order valence-electron chi connectivity index (χ3n) is 2.60. The van der Waals surface area contributed by atoms with Crippen LogP contribution >= 0.6 is 0 Å². The van der Waals surface area contributed by atoms with E-state index in [-0.39, 0.29) is 12.7 Å². The standard InChI is InChI=1S/C12H26O2/c1-2-3-4-5-6-7-8-9-12(14)10-11-13/h12-14H,2-11H2,1H3. The van der Waals surface area contributed by atoms with E-state index in [9.17, 15) is 5.11 Å². The minimum atomic E-state index is -0.282. The van der Waals surface area contributed by atoms with E-state index in [2.05, 4.69) is 6.92 Å². The van der Waals surface area contributed by atoms with Gasteiger partial charge in [-0.15, -0.1) is 0 Å². The van der Waals surface area contributed by atoms with E-state index in [1.807, 2.05) is 0 Å². The van der Waals surface area contributed by atoms with E-state index < -0.39 is 0 Å². The first-order valence-electron chi connectivity index (χ1n) is 6.10. The van der Waals surface area contributed by atoms with Crippen LogP contribution in [0.2, 0.25) is 0 Å². The molecule has 0 heterocycles. The molecule has 0 aliphatic heterocycles. The maximum Gasteiger partial charge on any atom is 0.0562 e. The van der Waals surface area contributed by atoms with Crippen molar-refractivity contribution in [2.45, 2.75) is 70.8 Å². The molecule has 0 amide bonds. The lowest BCUT2D eigenvalue weighted by Gasteiger charge is -2.07. The first-order valence-corrected chi connectivity index (χ1v) is 6.10. The monoisotopic (exact) mass is 202 g/mol. The zero-order valence-corrected chi connectivity index (χ0v) is 9.54. The number of aliphatic hydroxyl groups excluding tert-OH is 2. The Hall–Kier alpha value is -0.0800. The van der Waals surface area contributed by atoms with E-state index >= 15 is 0 Å². The molecule has 0 spiro atoms. The molecular weight excluding hydrogens is 176 g/mol. The molecule has 2 nitrogen and oxygen atoms in total. The Bertz CT molecular complexity index is 104. The molecule has 0 aliphatic rings. The summed E-state index contributed by atoms with van der Waals surface area (Å²) in [6, 6.07) is 0. The van der Waals surface area contributed by atoms with Crippen molar-refractivity contribution in [3.63, 3.8) is 0 Å². The summed E-state index contributed by atoms with van der Waals surface area (Å²) in [6.45, 7) is 2.34. The van der Waals surface area contributed by atoms with Gasteiger partial charge < -0.3 is 10.2 Å². The first kappa shape index (κ1) is 13.9. The second kappa shape index (κ2) is 11.0. The third kappa shape index (κ3) is 10.0. The predicted molar refractivity (Wildman–Crippen MR) is 60.3 cm³/mol. The lowest BCUT2D eigenvalue weighted by atomic mass is 10.1. The fourth-order valence-corrected chi connectivity index (χ4v) is 1.63. The molecule has 2 N–H and O–H groups in total. The summed E-state index contributed by atoms with van der Waals surface area (Å²) in [5, 5.41) is 17.9. The summed E-state index contributed by atoms with van der Waals surface area (Å²) in [7, 11) is 0. The van der Waals surface area contributed by atoms with Crippen LogP contribution in [0.4, 0.5) is 0 Å². The fraction of sp³-hybridized carbons (Fsp3) is 1.00. The Morgan fingerprint density at radius 1 is 0.857 bits per heavy atom. The topological polar surface area (TPSA) is 40.5 Å². The van der Waals surface area contributed by atoms with Gasteiger partial charge in [0, 0.05) is 6.61 Å². The molecule has 0 aliphatic carbocycles. The summed E-state index contributed by atoms with van der Waals surface area (Å²) in [5.41, 5.74) is 0. The number of aliphatic hydroxyl groups is 2. The maximum atomic E-state index is 9.33. The quantitative estimate of drug-likeness (QED) is 0.535. The Morgan fingerprint density at radius 3 is 2.00 bits per heavy atom. The van der Waals surface area contributed by atoms with Crippen LogP contribution in [-0.4, -0.2) is 22.9 Å². The van der Waals surface area contributed by atoms with E-state index in [1.54, 1.807) is 0 Å². The Balaban J connectivity index is 2.98. The average Bonchev–Trinajstić information content (AvgIpc) is 2.17. The second-order valence-electron chi connectivity index (χ2n) is 4.08. The van der Waals surface area contributed by atoms with Crippen LogP contribution in [0.3, 0.4) is 0 Å². The lowest BCUT2D eigenvalue weighted by Crippen LogP contribution is -2.08. The van der Waals surface area contributed by atoms with Gasteiger partial charge in [-0.3, -0.25) is 0 Å². The lowest BCUT2D eigenvalue weighted by molar-refractivity contribution is 0.122. The molecule has 1 unspecified atom stereocenters.